The molecule has 0 saturated carbocycles. The molecule has 2 heterocycles. The molecule has 0 aliphatic carbocycles. The maximum Gasteiger partial charge on any atom is 0.0991 e. The maximum atomic E-state index is 8.98. The molecule has 0 unspecified atom stereocenters. The van der Waals surface area contributed by atoms with Crippen LogP contribution in [0.3, 0.4) is 0 Å². The van der Waals surface area contributed by atoms with E-state index in [1.807, 2.05) is 71.2 Å². The molecule has 0 spiro atoms. The molecule has 0 amide bonds. The number of thiophene rings is 2. The van der Waals surface area contributed by atoms with E-state index < -0.39 is 0 Å². The van der Waals surface area contributed by atoms with Gasteiger partial charge in [-0.25, -0.2) is 0 Å². The van der Waals surface area contributed by atoms with Crippen LogP contribution in [-0.4, -0.2) is 0 Å². The Kier molecular flexibility index (Phi) is 4.09. The summed E-state index contributed by atoms with van der Waals surface area (Å²) in [6, 6.07) is 19.9. The van der Waals surface area contributed by atoms with Gasteiger partial charge in [0.1, 0.15) is 0 Å². The number of hydrogen-bond acceptors (Lipinski definition) is 4. The zero-order valence-electron chi connectivity index (χ0n) is 14.3. The Balaban J connectivity index is 1.82. The van der Waals surface area contributed by atoms with E-state index >= 15 is 0 Å². The Morgan fingerprint density at radius 3 is 1.35 bits per heavy atom. The summed E-state index contributed by atoms with van der Waals surface area (Å²) in [5.41, 5.74) is 6.28. The average Bonchev–Trinajstić information content (AvgIpc) is 3.19. The van der Waals surface area contributed by atoms with Gasteiger partial charge in [-0.05, 0) is 60.4 Å². The van der Waals surface area contributed by atoms with E-state index in [1.54, 1.807) is 0 Å². The fourth-order valence-electron chi connectivity index (χ4n) is 3.22. The molecule has 0 radical (unpaired) electrons. The lowest BCUT2D eigenvalue weighted by Crippen LogP contribution is -1.81. The smallest absolute Gasteiger partial charge is 0.0991 e. The van der Waals surface area contributed by atoms with E-state index in [4.69, 9.17) is 10.5 Å². The van der Waals surface area contributed by atoms with Gasteiger partial charge in [0.25, 0.3) is 0 Å². The van der Waals surface area contributed by atoms with Crippen LogP contribution in [0.4, 0.5) is 0 Å². The number of nitrogens with zero attached hydrogens (tertiary/aromatic N) is 2. The summed E-state index contributed by atoms with van der Waals surface area (Å²) in [6.07, 6.45) is 0. The first-order valence-electron chi connectivity index (χ1n) is 8.16. The third-order valence-corrected chi connectivity index (χ3v) is 7.35. The molecular formula is C22H14N2S2. The molecule has 0 aliphatic heterocycles. The van der Waals surface area contributed by atoms with E-state index in [-0.39, 0.29) is 0 Å². The highest BCUT2D eigenvalue weighted by molar-refractivity contribution is 7.41. The number of fused-ring (bicyclic) bond motifs is 1. The lowest BCUT2D eigenvalue weighted by molar-refractivity contribution is 1.48. The van der Waals surface area contributed by atoms with Gasteiger partial charge in [0, 0.05) is 15.1 Å². The Labute approximate surface area is 160 Å². The summed E-state index contributed by atoms with van der Waals surface area (Å²) in [6.45, 7) is 4.35. The Hall–Kier alpha value is -2.92. The Bertz CT molecular complexity index is 1100. The highest BCUT2D eigenvalue weighted by Crippen LogP contribution is 2.47. The highest BCUT2D eigenvalue weighted by Gasteiger charge is 2.18. The van der Waals surface area contributed by atoms with Crippen molar-refractivity contribution in [2.75, 3.05) is 0 Å². The van der Waals surface area contributed by atoms with Crippen LogP contribution >= 0.6 is 22.7 Å². The normalized spacial score (nSPS) is 10.6. The van der Waals surface area contributed by atoms with Crippen molar-refractivity contribution in [3.05, 3.63) is 70.8 Å². The topological polar surface area (TPSA) is 47.6 Å². The van der Waals surface area contributed by atoms with Gasteiger partial charge in [-0.3, -0.25) is 0 Å². The first kappa shape index (κ1) is 16.5. The second-order valence-electron chi connectivity index (χ2n) is 6.15. The van der Waals surface area contributed by atoms with Crippen LogP contribution in [0.15, 0.2) is 48.5 Å². The minimum absolute atomic E-state index is 0.684. The van der Waals surface area contributed by atoms with Crippen molar-refractivity contribution in [3.63, 3.8) is 0 Å². The molecule has 2 nitrogen and oxygen atoms in total. The van der Waals surface area contributed by atoms with Gasteiger partial charge in [0.15, 0.2) is 0 Å². The van der Waals surface area contributed by atoms with Gasteiger partial charge in [-0.15, -0.1) is 22.7 Å². The van der Waals surface area contributed by atoms with Gasteiger partial charge in [-0.2, -0.15) is 10.5 Å². The van der Waals surface area contributed by atoms with Gasteiger partial charge in [0.05, 0.1) is 27.3 Å². The molecule has 2 aromatic heterocycles. The summed E-state index contributed by atoms with van der Waals surface area (Å²) in [5.74, 6) is 0. The lowest BCUT2D eigenvalue weighted by atomic mass is 10.0. The summed E-state index contributed by atoms with van der Waals surface area (Å²) < 4.78 is 1.32. The van der Waals surface area contributed by atoms with E-state index in [0.29, 0.717) is 11.1 Å². The minimum atomic E-state index is 0.684. The standard InChI is InChI=1S/C22H14N2S2/c1-13-19-14(2)21(18-9-5-16(12-24)6-10-18)26-22(19)25-20(13)17-7-3-15(11-23)4-8-17/h3-10H,1-2H3. The lowest BCUT2D eigenvalue weighted by Gasteiger charge is -2.03. The molecule has 26 heavy (non-hydrogen) atoms. The summed E-state index contributed by atoms with van der Waals surface area (Å²) in [5, 5.41) is 19.3. The maximum absolute atomic E-state index is 8.98. The third kappa shape index (κ3) is 2.61. The quantitative estimate of drug-likeness (QED) is 0.396. The molecule has 124 valence electrons. The molecule has 4 rings (SSSR count). The Morgan fingerprint density at radius 2 is 1.04 bits per heavy atom. The van der Waals surface area contributed by atoms with Crippen LogP contribution < -0.4 is 0 Å². The molecule has 0 aliphatic rings. The first-order chi connectivity index (χ1) is 12.6. The number of benzene rings is 2. The van der Waals surface area contributed by atoms with Crippen LogP contribution in [-0.2, 0) is 0 Å². The van der Waals surface area contributed by atoms with Crippen LogP contribution in [0.5, 0.6) is 0 Å². The van der Waals surface area contributed by atoms with Crippen molar-refractivity contribution in [2.45, 2.75) is 13.8 Å². The second kappa shape index (κ2) is 6.42. The number of aryl methyl sites for hydroxylation is 2. The van der Waals surface area contributed by atoms with E-state index in [9.17, 15) is 0 Å². The highest BCUT2D eigenvalue weighted by atomic mass is 32.2. The molecule has 0 bridgehead atoms. The van der Waals surface area contributed by atoms with Crippen LogP contribution in [0.25, 0.3) is 30.3 Å². The van der Waals surface area contributed by atoms with Crippen molar-refractivity contribution < 1.29 is 0 Å². The minimum Gasteiger partial charge on any atom is -0.192 e. The molecule has 4 aromatic rings. The predicted octanol–water partition coefficient (Wildman–Crippen LogP) is 6.66. The first-order valence-corrected chi connectivity index (χ1v) is 9.79. The molecule has 0 atom stereocenters. The molecule has 4 heteroatoms. The fourth-order valence-corrected chi connectivity index (χ4v) is 6.09. The van der Waals surface area contributed by atoms with Crippen molar-refractivity contribution in [1.29, 1.82) is 10.5 Å². The molecular weight excluding hydrogens is 356 g/mol. The molecule has 0 saturated heterocycles. The summed E-state index contributed by atoms with van der Waals surface area (Å²) in [7, 11) is 0. The van der Waals surface area contributed by atoms with Crippen LogP contribution in [0.1, 0.15) is 22.3 Å². The molecule has 0 N–H and O–H groups in total. The number of hydrogen-bond donors (Lipinski definition) is 0. The third-order valence-electron chi connectivity index (χ3n) is 4.58. The largest absolute Gasteiger partial charge is 0.192 e. The van der Waals surface area contributed by atoms with Crippen molar-refractivity contribution >= 4 is 32.1 Å². The van der Waals surface area contributed by atoms with E-state index in [0.717, 1.165) is 11.1 Å². The predicted molar refractivity (Wildman–Crippen MR) is 109 cm³/mol. The van der Waals surface area contributed by atoms with Crippen molar-refractivity contribution in [3.8, 4) is 33.0 Å². The Morgan fingerprint density at radius 1 is 0.654 bits per heavy atom. The number of rotatable bonds is 2. The van der Waals surface area contributed by atoms with E-state index in [1.165, 1.54) is 30.3 Å². The van der Waals surface area contributed by atoms with E-state index in [2.05, 4.69) is 26.0 Å². The molecule has 0 fully saturated rings. The fraction of sp³-hybridized carbons (Fsp3) is 0.0909. The zero-order chi connectivity index (χ0) is 18.3. The van der Waals surface area contributed by atoms with Crippen molar-refractivity contribution in [1.82, 2.24) is 0 Å². The molecule has 2 aromatic carbocycles. The summed E-state index contributed by atoms with van der Waals surface area (Å²) in [4.78, 5) is 2.54. The van der Waals surface area contributed by atoms with Gasteiger partial charge in [-0.1, -0.05) is 24.3 Å². The van der Waals surface area contributed by atoms with Crippen molar-refractivity contribution in [2.24, 2.45) is 0 Å². The second-order valence-corrected chi connectivity index (χ2v) is 8.45. The van der Waals surface area contributed by atoms with Crippen LogP contribution in [0.2, 0.25) is 0 Å². The van der Waals surface area contributed by atoms with Crippen LogP contribution in [0, 0.1) is 36.5 Å². The number of nitriles is 2. The SMILES string of the molecule is Cc1c(-c2ccc(C#N)cc2)sc2sc(-c3ccc(C#N)cc3)c(C)c12. The zero-order valence-corrected chi connectivity index (χ0v) is 16.0. The monoisotopic (exact) mass is 370 g/mol. The average molecular weight is 371 g/mol. The van der Waals surface area contributed by atoms with Gasteiger partial charge in [0.2, 0.25) is 0 Å². The van der Waals surface area contributed by atoms with Gasteiger partial charge >= 0.3 is 0 Å². The van der Waals surface area contributed by atoms with Gasteiger partial charge < -0.3 is 0 Å². The summed E-state index contributed by atoms with van der Waals surface area (Å²) >= 11 is 3.62.